The Balaban J connectivity index is 3.39. The molecular weight excluding hydrogens is 449 g/mol. The van der Waals surface area contributed by atoms with E-state index in [-0.39, 0.29) is 18.2 Å². The average molecular weight is 481 g/mol. The molecule has 0 atom stereocenters. The zero-order valence-electron chi connectivity index (χ0n) is 19.9. The van der Waals surface area contributed by atoms with Crippen molar-refractivity contribution in [3.8, 4) is 5.75 Å². The van der Waals surface area contributed by atoms with E-state index in [9.17, 15) is 18.0 Å². The van der Waals surface area contributed by atoms with Crippen LogP contribution >= 0.6 is 11.8 Å². The van der Waals surface area contributed by atoms with E-state index in [1.807, 2.05) is 40.0 Å². The maximum atomic E-state index is 12.4. The van der Waals surface area contributed by atoms with E-state index in [0.29, 0.717) is 0 Å². The maximum Gasteiger partial charge on any atom is 0.573 e. The fraction of sp³-hybridized carbons (Fsp3) is 0.360. The quantitative estimate of drug-likeness (QED) is 0.227. The van der Waals surface area contributed by atoms with Crippen molar-refractivity contribution in [2.24, 2.45) is 4.99 Å². The number of alkyl halides is 3. The molecule has 0 heterocycles. The highest BCUT2D eigenvalue weighted by molar-refractivity contribution is 8.16. The van der Waals surface area contributed by atoms with Gasteiger partial charge in [0.05, 0.1) is 12.2 Å². The third-order valence-electron chi connectivity index (χ3n) is 4.76. The zero-order valence-corrected chi connectivity index (χ0v) is 20.7. The van der Waals surface area contributed by atoms with E-state index in [1.165, 1.54) is 35.5 Å². The van der Waals surface area contributed by atoms with Gasteiger partial charge in [-0.2, -0.15) is 0 Å². The minimum absolute atomic E-state index is 0.253. The summed E-state index contributed by atoms with van der Waals surface area (Å²) in [6, 6.07) is 5.75. The van der Waals surface area contributed by atoms with Gasteiger partial charge in [0.1, 0.15) is 10.8 Å². The average Bonchev–Trinajstić information content (AvgIpc) is 2.76. The Morgan fingerprint density at radius 1 is 1.15 bits per heavy atom. The van der Waals surface area contributed by atoms with Crippen LogP contribution in [0.15, 0.2) is 69.7 Å². The summed E-state index contributed by atoms with van der Waals surface area (Å²) in [4.78, 5) is 16.4. The lowest BCUT2D eigenvalue weighted by Crippen LogP contribution is -2.23. The third-order valence-corrected chi connectivity index (χ3v) is 5.90. The Hall–Kier alpha value is -2.74. The fourth-order valence-electron chi connectivity index (χ4n) is 2.42. The molecule has 1 aromatic rings. The second kappa shape index (κ2) is 13.1. The first-order valence-electron chi connectivity index (χ1n) is 10.4. The van der Waals surface area contributed by atoms with Crippen molar-refractivity contribution in [3.05, 3.63) is 70.3 Å². The van der Waals surface area contributed by atoms with Crippen LogP contribution < -0.4 is 10.1 Å². The number of nitrogens with one attached hydrogen (secondary N) is 1. The number of amides is 1. The minimum atomic E-state index is -4.73. The number of nitrogens with zero attached hydrogens (tertiary/aromatic N) is 1. The van der Waals surface area contributed by atoms with Crippen molar-refractivity contribution in [1.29, 1.82) is 0 Å². The Morgan fingerprint density at radius 2 is 1.76 bits per heavy atom. The second-order valence-electron chi connectivity index (χ2n) is 7.54. The summed E-state index contributed by atoms with van der Waals surface area (Å²) in [5, 5.41) is 5.52. The van der Waals surface area contributed by atoms with Crippen LogP contribution in [0.5, 0.6) is 5.75 Å². The lowest BCUT2D eigenvalue weighted by Gasteiger charge is -2.14. The van der Waals surface area contributed by atoms with E-state index in [4.69, 9.17) is 4.99 Å². The Bertz CT molecular complexity index is 968. The molecule has 0 unspecified atom stereocenters. The molecular formula is C25H31F3N2O2S. The molecule has 0 spiro atoms. The minimum Gasteiger partial charge on any atom is -0.406 e. The van der Waals surface area contributed by atoms with Crippen LogP contribution in [0.1, 0.15) is 53.5 Å². The highest BCUT2D eigenvalue weighted by atomic mass is 32.2. The lowest BCUT2D eigenvalue weighted by molar-refractivity contribution is -0.274. The Labute approximate surface area is 198 Å². The van der Waals surface area contributed by atoms with Gasteiger partial charge in [-0.25, -0.2) is 4.99 Å². The highest BCUT2D eigenvalue weighted by Gasteiger charge is 2.31. The standard InChI is InChI=1S/C25H31F3N2O2S/c1-8-17(5)15-33-24(30-22(16(3)4)14-29-23(31)9-2)19(7)18(6)20-10-12-21(13-11-20)32-25(26,27)28/h9-13,15H,2,8,14H2,1,3-7H3,(H,29,31)/b17-15+,19-18+,30-24+. The highest BCUT2D eigenvalue weighted by Crippen LogP contribution is 2.29. The van der Waals surface area contributed by atoms with Crippen LogP contribution in [-0.2, 0) is 4.79 Å². The molecule has 1 N–H and O–H groups in total. The van der Waals surface area contributed by atoms with Gasteiger partial charge >= 0.3 is 6.36 Å². The number of aliphatic imine (C=N–C) groups is 1. The Kier molecular flexibility index (Phi) is 11.2. The molecule has 0 aliphatic heterocycles. The van der Waals surface area contributed by atoms with Crippen LogP contribution in [0.4, 0.5) is 13.2 Å². The first-order valence-corrected chi connectivity index (χ1v) is 11.3. The Morgan fingerprint density at radius 3 is 2.24 bits per heavy atom. The van der Waals surface area contributed by atoms with Gasteiger partial charge in [-0.3, -0.25) is 4.79 Å². The van der Waals surface area contributed by atoms with Crippen molar-refractivity contribution >= 4 is 28.3 Å². The summed E-state index contributed by atoms with van der Waals surface area (Å²) >= 11 is 1.47. The molecule has 0 radical (unpaired) electrons. The maximum absolute atomic E-state index is 12.4. The second-order valence-corrected chi connectivity index (χ2v) is 8.40. The predicted octanol–water partition coefficient (Wildman–Crippen LogP) is 7.42. The number of halogens is 3. The van der Waals surface area contributed by atoms with Gasteiger partial charge in [0.15, 0.2) is 0 Å². The number of hydrogen-bond acceptors (Lipinski definition) is 4. The van der Waals surface area contributed by atoms with Gasteiger partial charge < -0.3 is 10.1 Å². The largest absolute Gasteiger partial charge is 0.573 e. The number of benzene rings is 1. The first kappa shape index (κ1) is 28.3. The van der Waals surface area contributed by atoms with E-state index in [1.54, 1.807) is 12.1 Å². The van der Waals surface area contributed by atoms with Crippen LogP contribution in [0.2, 0.25) is 0 Å². The summed E-state index contributed by atoms with van der Waals surface area (Å²) in [7, 11) is 0. The van der Waals surface area contributed by atoms with Crippen molar-refractivity contribution in [2.75, 3.05) is 6.54 Å². The van der Waals surface area contributed by atoms with Crippen molar-refractivity contribution in [2.45, 2.75) is 54.3 Å². The summed E-state index contributed by atoms with van der Waals surface area (Å²) in [5.74, 6) is -0.559. The van der Waals surface area contributed by atoms with Crippen molar-refractivity contribution < 1.29 is 22.7 Å². The molecule has 1 amide bonds. The number of ether oxygens (including phenoxy) is 1. The van der Waals surface area contributed by atoms with Crippen LogP contribution in [-0.4, -0.2) is 23.9 Å². The normalized spacial score (nSPS) is 13.2. The van der Waals surface area contributed by atoms with Gasteiger partial charge in [-0.05, 0) is 81.4 Å². The van der Waals surface area contributed by atoms with E-state index < -0.39 is 6.36 Å². The number of rotatable bonds is 9. The molecule has 0 aliphatic rings. The molecule has 8 heteroatoms. The van der Waals surface area contributed by atoms with E-state index in [2.05, 4.69) is 23.6 Å². The topological polar surface area (TPSA) is 50.7 Å². The molecule has 0 bridgehead atoms. The molecule has 1 rings (SSSR count). The summed E-state index contributed by atoms with van der Waals surface area (Å²) in [5.41, 5.74) is 5.35. The monoisotopic (exact) mass is 480 g/mol. The number of hydrogen-bond donors (Lipinski definition) is 1. The summed E-state index contributed by atoms with van der Waals surface area (Å²) in [6.45, 7) is 15.4. The van der Waals surface area contributed by atoms with Crippen LogP contribution in [0, 0.1) is 0 Å². The number of carbonyl (C=O) groups excluding carboxylic acids is 1. The molecule has 0 saturated heterocycles. The number of thioether (sulfide) groups is 1. The van der Waals surface area contributed by atoms with E-state index >= 15 is 0 Å². The zero-order chi connectivity index (χ0) is 25.2. The van der Waals surface area contributed by atoms with Crippen molar-refractivity contribution in [1.82, 2.24) is 5.32 Å². The molecule has 33 heavy (non-hydrogen) atoms. The fourth-order valence-corrected chi connectivity index (χ4v) is 3.39. The molecule has 0 aliphatic carbocycles. The molecule has 180 valence electrons. The number of carbonyl (C=O) groups is 1. The predicted molar refractivity (Wildman–Crippen MR) is 132 cm³/mol. The number of allylic oxidation sites excluding steroid dienone is 3. The first-order chi connectivity index (χ1) is 15.4. The SMILES string of the molecule is C=CC(=O)NCC(/N=C(S/C=C(\C)CC)\C(C)=C(/C)c1ccc(OC(F)(F)F)cc1)=C(C)C. The summed E-state index contributed by atoms with van der Waals surface area (Å²) < 4.78 is 41.3. The van der Waals surface area contributed by atoms with Gasteiger partial charge in [0.25, 0.3) is 0 Å². The van der Waals surface area contributed by atoms with Gasteiger partial charge in [0, 0.05) is 0 Å². The molecule has 4 nitrogen and oxygen atoms in total. The van der Waals surface area contributed by atoms with Gasteiger partial charge in [-0.15, -0.1) is 13.2 Å². The van der Waals surface area contributed by atoms with Crippen LogP contribution in [0.3, 0.4) is 0 Å². The van der Waals surface area contributed by atoms with Crippen molar-refractivity contribution in [3.63, 3.8) is 0 Å². The van der Waals surface area contributed by atoms with Crippen LogP contribution in [0.25, 0.3) is 5.57 Å². The summed E-state index contributed by atoms with van der Waals surface area (Å²) in [6.07, 6.45) is -2.63. The lowest BCUT2D eigenvalue weighted by atomic mass is 10.0. The molecule has 0 fully saturated rings. The van der Waals surface area contributed by atoms with E-state index in [0.717, 1.165) is 39.4 Å². The third kappa shape index (κ3) is 10.2. The molecule has 0 aromatic heterocycles. The molecule has 0 saturated carbocycles. The molecule has 1 aromatic carbocycles. The van der Waals surface area contributed by atoms with Gasteiger partial charge in [-0.1, -0.05) is 48.5 Å². The van der Waals surface area contributed by atoms with Gasteiger partial charge in [0.2, 0.25) is 5.91 Å². The smallest absolute Gasteiger partial charge is 0.406 e.